The van der Waals surface area contributed by atoms with Gasteiger partial charge in [0, 0.05) is 11.3 Å². The van der Waals surface area contributed by atoms with Crippen LogP contribution in [0.15, 0.2) is 70.9 Å². The normalized spacial score (nSPS) is 17.9. The summed E-state index contributed by atoms with van der Waals surface area (Å²) in [6.07, 6.45) is 1.39. The van der Waals surface area contributed by atoms with Crippen LogP contribution in [0, 0.1) is 5.82 Å². The van der Waals surface area contributed by atoms with Crippen molar-refractivity contribution in [3.63, 3.8) is 0 Å². The fraction of sp³-hybridized carbons (Fsp3) is 0.130. The van der Waals surface area contributed by atoms with E-state index in [4.69, 9.17) is 20.8 Å². The monoisotopic (exact) mass is 441 g/mol. The molecule has 0 radical (unpaired) electrons. The Hall–Kier alpha value is -3.58. The van der Waals surface area contributed by atoms with Crippen LogP contribution >= 0.6 is 11.6 Å². The lowest BCUT2D eigenvalue weighted by Crippen LogP contribution is -2.29. The first-order valence-corrected chi connectivity index (χ1v) is 9.83. The number of benzene rings is 2. The van der Waals surface area contributed by atoms with Gasteiger partial charge in [-0.05, 0) is 61.5 Å². The molecule has 1 unspecified atom stereocenters. The molecule has 1 fully saturated rings. The third kappa shape index (κ3) is 3.68. The first-order valence-electron chi connectivity index (χ1n) is 9.45. The molecule has 1 atom stereocenters. The smallest absolute Gasteiger partial charge is 0.300 e. The fourth-order valence-corrected chi connectivity index (χ4v) is 3.66. The Kier molecular flexibility index (Phi) is 5.52. The first kappa shape index (κ1) is 20.7. The number of carbonyl (C=O) groups excluding carboxylic acids is 2. The molecule has 0 spiro atoms. The molecule has 4 rings (SSSR count). The SMILES string of the molecule is CCOc1ccc(/C(O)=C2/C(=O)C(=O)N(c3ccc(F)c(Cl)c3)C2c2ccco2)cc1. The molecule has 31 heavy (non-hydrogen) atoms. The highest BCUT2D eigenvalue weighted by Gasteiger charge is 2.48. The molecule has 8 heteroatoms. The molecule has 1 amide bonds. The number of Topliss-reactive ketones (excluding diaryl/α,β-unsaturated/α-hetero) is 1. The average molecular weight is 442 g/mol. The third-order valence-electron chi connectivity index (χ3n) is 4.88. The Morgan fingerprint density at radius 3 is 2.55 bits per heavy atom. The third-order valence-corrected chi connectivity index (χ3v) is 5.17. The van der Waals surface area contributed by atoms with Crippen molar-refractivity contribution in [2.24, 2.45) is 0 Å². The molecule has 2 heterocycles. The molecule has 3 aromatic rings. The second-order valence-corrected chi connectivity index (χ2v) is 7.15. The highest BCUT2D eigenvalue weighted by atomic mass is 35.5. The molecule has 2 aromatic carbocycles. The summed E-state index contributed by atoms with van der Waals surface area (Å²) in [7, 11) is 0. The summed E-state index contributed by atoms with van der Waals surface area (Å²) < 4.78 is 24.5. The Morgan fingerprint density at radius 1 is 1.19 bits per heavy atom. The lowest BCUT2D eigenvalue weighted by Gasteiger charge is -2.23. The molecular formula is C23H17ClFNO5. The molecule has 1 aliphatic heterocycles. The number of amides is 1. The fourth-order valence-electron chi connectivity index (χ4n) is 3.48. The predicted octanol–water partition coefficient (Wildman–Crippen LogP) is 5.10. The lowest BCUT2D eigenvalue weighted by atomic mass is 9.99. The molecule has 158 valence electrons. The maximum atomic E-state index is 13.7. The van der Waals surface area contributed by atoms with Crippen molar-refractivity contribution in [1.82, 2.24) is 0 Å². The van der Waals surface area contributed by atoms with E-state index in [-0.39, 0.29) is 27.8 Å². The number of nitrogens with zero attached hydrogens (tertiary/aromatic N) is 1. The zero-order valence-electron chi connectivity index (χ0n) is 16.3. The predicted molar refractivity (Wildman–Crippen MR) is 113 cm³/mol. The number of ether oxygens (including phenoxy) is 1. The maximum Gasteiger partial charge on any atom is 0.300 e. The van der Waals surface area contributed by atoms with Crippen molar-refractivity contribution in [2.75, 3.05) is 11.5 Å². The van der Waals surface area contributed by atoms with Gasteiger partial charge >= 0.3 is 0 Å². The van der Waals surface area contributed by atoms with Crippen molar-refractivity contribution in [3.8, 4) is 5.75 Å². The van der Waals surface area contributed by atoms with Crippen LogP contribution in [0.2, 0.25) is 5.02 Å². The van der Waals surface area contributed by atoms with E-state index in [9.17, 15) is 19.1 Å². The molecule has 0 aliphatic carbocycles. The Balaban J connectivity index is 1.86. The minimum absolute atomic E-state index is 0.149. The van der Waals surface area contributed by atoms with Gasteiger partial charge in [0.1, 0.15) is 29.1 Å². The van der Waals surface area contributed by atoms with Crippen molar-refractivity contribution >= 4 is 34.7 Å². The van der Waals surface area contributed by atoms with Crippen LogP contribution in [0.3, 0.4) is 0 Å². The number of aliphatic hydroxyl groups excluding tert-OH is 1. The number of hydrogen-bond donors (Lipinski definition) is 1. The van der Waals surface area contributed by atoms with Gasteiger partial charge in [0.05, 0.1) is 23.5 Å². The van der Waals surface area contributed by atoms with E-state index in [2.05, 4.69) is 0 Å². The number of rotatable bonds is 5. The van der Waals surface area contributed by atoms with Crippen molar-refractivity contribution in [2.45, 2.75) is 13.0 Å². The van der Waals surface area contributed by atoms with Crippen LogP contribution in [0.25, 0.3) is 5.76 Å². The molecule has 1 aliphatic rings. The molecular weight excluding hydrogens is 425 g/mol. The van der Waals surface area contributed by atoms with Crippen LogP contribution in [-0.2, 0) is 9.59 Å². The van der Waals surface area contributed by atoms with Crippen LogP contribution in [0.4, 0.5) is 10.1 Å². The number of aliphatic hydroxyl groups is 1. The van der Waals surface area contributed by atoms with Gasteiger partial charge in [0.25, 0.3) is 11.7 Å². The van der Waals surface area contributed by atoms with Gasteiger partial charge in [-0.25, -0.2) is 4.39 Å². The van der Waals surface area contributed by atoms with E-state index < -0.39 is 23.5 Å². The van der Waals surface area contributed by atoms with Gasteiger partial charge in [-0.15, -0.1) is 0 Å². The number of ketones is 1. The molecule has 1 aromatic heterocycles. The van der Waals surface area contributed by atoms with Gasteiger partial charge in [0.15, 0.2) is 0 Å². The van der Waals surface area contributed by atoms with E-state index in [1.165, 1.54) is 18.4 Å². The second kappa shape index (κ2) is 8.28. The van der Waals surface area contributed by atoms with Crippen molar-refractivity contribution in [3.05, 3.63) is 88.6 Å². The number of furan rings is 1. The van der Waals surface area contributed by atoms with Gasteiger partial charge in [0.2, 0.25) is 0 Å². The summed E-state index contributed by atoms with van der Waals surface area (Å²) in [6.45, 7) is 2.33. The van der Waals surface area contributed by atoms with Crippen LogP contribution in [0.1, 0.15) is 24.3 Å². The van der Waals surface area contributed by atoms with Crippen molar-refractivity contribution in [1.29, 1.82) is 0 Å². The quantitative estimate of drug-likeness (QED) is 0.338. The summed E-state index contributed by atoms with van der Waals surface area (Å²) in [5.74, 6) is -1.95. The van der Waals surface area contributed by atoms with Gasteiger partial charge in [-0.3, -0.25) is 14.5 Å². The average Bonchev–Trinajstić information content (AvgIpc) is 3.38. The highest BCUT2D eigenvalue weighted by Crippen LogP contribution is 2.43. The summed E-state index contributed by atoms with van der Waals surface area (Å²) in [4.78, 5) is 27.0. The number of halogens is 2. The second-order valence-electron chi connectivity index (χ2n) is 6.74. The first-order chi connectivity index (χ1) is 14.9. The Bertz CT molecular complexity index is 1170. The van der Waals surface area contributed by atoms with Gasteiger partial charge in [-0.1, -0.05) is 11.6 Å². The minimum atomic E-state index is -1.05. The highest BCUT2D eigenvalue weighted by molar-refractivity contribution is 6.51. The Labute approximate surface area is 182 Å². The number of carbonyl (C=O) groups is 2. The molecule has 6 nitrogen and oxygen atoms in total. The van der Waals surface area contributed by atoms with E-state index in [0.29, 0.717) is 17.9 Å². The topological polar surface area (TPSA) is 80.0 Å². The van der Waals surface area contributed by atoms with Crippen LogP contribution in [0.5, 0.6) is 5.75 Å². The molecule has 0 bridgehead atoms. The lowest BCUT2D eigenvalue weighted by molar-refractivity contribution is -0.132. The minimum Gasteiger partial charge on any atom is -0.507 e. The van der Waals surface area contributed by atoms with Gasteiger partial charge < -0.3 is 14.3 Å². The number of anilines is 1. The largest absolute Gasteiger partial charge is 0.507 e. The van der Waals surface area contributed by atoms with E-state index in [1.807, 2.05) is 6.92 Å². The number of hydrogen-bond acceptors (Lipinski definition) is 5. The van der Waals surface area contributed by atoms with Crippen LogP contribution in [-0.4, -0.2) is 23.4 Å². The maximum absolute atomic E-state index is 13.7. The summed E-state index contributed by atoms with van der Waals surface area (Å²) in [5.41, 5.74) is 0.375. The summed E-state index contributed by atoms with van der Waals surface area (Å²) in [6, 6.07) is 12.3. The van der Waals surface area contributed by atoms with Crippen LogP contribution < -0.4 is 9.64 Å². The molecule has 1 N–H and O–H groups in total. The van der Waals surface area contributed by atoms with Crippen molar-refractivity contribution < 1.29 is 28.2 Å². The zero-order chi connectivity index (χ0) is 22.1. The van der Waals surface area contributed by atoms with E-state index >= 15 is 0 Å². The summed E-state index contributed by atoms with van der Waals surface area (Å²) in [5, 5.41) is 10.8. The van der Waals surface area contributed by atoms with E-state index in [0.717, 1.165) is 11.0 Å². The summed E-state index contributed by atoms with van der Waals surface area (Å²) >= 11 is 5.89. The Morgan fingerprint density at radius 2 is 1.94 bits per heavy atom. The standard InChI is InChI=1S/C23H17ClFNO5/c1-2-30-15-8-5-13(6-9-15)21(27)19-20(18-4-3-11-31-18)26(23(29)22(19)28)14-7-10-17(25)16(24)12-14/h3-12,20,27H,2H2,1H3/b21-19-. The molecule has 1 saturated heterocycles. The van der Waals surface area contributed by atoms with Gasteiger partial charge in [-0.2, -0.15) is 0 Å². The zero-order valence-corrected chi connectivity index (χ0v) is 17.1. The van der Waals surface area contributed by atoms with E-state index in [1.54, 1.807) is 36.4 Å². The molecule has 0 saturated carbocycles.